The lowest BCUT2D eigenvalue weighted by Crippen LogP contribution is -2.51. The number of nitrogens with one attached hydrogen (secondary N) is 1. The van der Waals surface area contributed by atoms with Crippen LogP contribution in [0.2, 0.25) is 0 Å². The molecule has 0 heterocycles. The van der Waals surface area contributed by atoms with Gasteiger partial charge in [0.15, 0.2) is 0 Å². The molecule has 0 aromatic heterocycles. The zero-order chi connectivity index (χ0) is 35.3. The Hall–Kier alpha value is -0.200. The highest BCUT2D eigenvalue weighted by Gasteiger charge is 2.27. The summed E-state index contributed by atoms with van der Waals surface area (Å²) >= 11 is 0. The summed E-state index contributed by atoms with van der Waals surface area (Å²) in [6.45, 7) is 6.31. The number of aliphatic hydroxyl groups excluding tert-OH is 4. The second kappa shape index (κ2) is 38.0. The molecular weight excluding hydrogens is 594 g/mol. The maximum atomic E-state index is 10.7. The summed E-state index contributed by atoms with van der Waals surface area (Å²) in [5.41, 5.74) is 0. The molecule has 5 nitrogen and oxygen atoms in total. The molecule has 5 atom stereocenters. The van der Waals surface area contributed by atoms with E-state index in [4.69, 9.17) is 0 Å². The number of unbranched alkanes of at least 4 members (excludes halogenated alkanes) is 30. The molecule has 290 valence electrons. The number of aliphatic hydroxyl groups is 4. The predicted octanol–water partition coefficient (Wildman–Crippen LogP) is 11.9. The van der Waals surface area contributed by atoms with E-state index in [0.717, 1.165) is 32.1 Å². The number of hydrogen-bond acceptors (Lipinski definition) is 5. The highest BCUT2D eigenvalue weighted by molar-refractivity contribution is 4.81. The van der Waals surface area contributed by atoms with Crippen molar-refractivity contribution < 1.29 is 20.4 Å². The Kier molecular flexibility index (Phi) is 37.9. The van der Waals surface area contributed by atoms with Gasteiger partial charge in [-0.1, -0.05) is 226 Å². The minimum atomic E-state index is -1.08. The van der Waals surface area contributed by atoms with E-state index in [1.165, 1.54) is 180 Å². The topological polar surface area (TPSA) is 93.0 Å². The molecule has 5 unspecified atom stereocenters. The van der Waals surface area contributed by atoms with Crippen LogP contribution in [0.15, 0.2) is 0 Å². The summed E-state index contributed by atoms with van der Waals surface area (Å²) in [6, 6.07) is -0.433. The van der Waals surface area contributed by atoms with Crippen LogP contribution in [0.25, 0.3) is 0 Å². The predicted molar refractivity (Wildman–Crippen MR) is 210 cm³/mol. The largest absolute Gasteiger partial charge is 0.395 e. The second-order valence-corrected chi connectivity index (χ2v) is 15.6. The first kappa shape index (κ1) is 47.8. The highest BCUT2D eigenvalue weighted by Crippen LogP contribution is 2.19. The van der Waals surface area contributed by atoms with Crippen LogP contribution in [0.4, 0.5) is 0 Å². The van der Waals surface area contributed by atoms with Gasteiger partial charge in [0.05, 0.1) is 18.8 Å². The summed E-state index contributed by atoms with van der Waals surface area (Å²) in [6.07, 6.45) is 41.3. The monoisotopic (exact) mass is 684 g/mol. The minimum Gasteiger partial charge on any atom is -0.395 e. The molecule has 0 spiro atoms. The van der Waals surface area contributed by atoms with Gasteiger partial charge in [-0.3, -0.25) is 5.32 Å². The third kappa shape index (κ3) is 31.8. The zero-order valence-corrected chi connectivity index (χ0v) is 32.9. The zero-order valence-electron chi connectivity index (χ0n) is 32.9. The van der Waals surface area contributed by atoms with E-state index in [2.05, 4.69) is 19.2 Å². The van der Waals surface area contributed by atoms with Gasteiger partial charge in [-0.2, -0.15) is 0 Å². The van der Waals surface area contributed by atoms with Gasteiger partial charge < -0.3 is 20.4 Å². The Morgan fingerprint density at radius 3 is 0.896 bits per heavy atom. The first-order valence-corrected chi connectivity index (χ1v) is 21.9. The average molecular weight is 684 g/mol. The molecule has 48 heavy (non-hydrogen) atoms. The fourth-order valence-electron chi connectivity index (χ4n) is 7.19. The van der Waals surface area contributed by atoms with Crippen LogP contribution in [0.3, 0.4) is 0 Å². The van der Waals surface area contributed by atoms with Crippen molar-refractivity contribution in [2.75, 3.05) is 6.61 Å². The van der Waals surface area contributed by atoms with Gasteiger partial charge in [0.25, 0.3) is 0 Å². The molecule has 0 aliphatic rings. The summed E-state index contributed by atoms with van der Waals surface area (Å²) in [5, 5.41) is 44.7. The molecule has 0 amide bonds. The minimum absolute atomic E-state index is 0.167. The van der Waals surface area contributed by atoms with Crippen LogP contribution in [-0.4, -0.2) is 51.5 Å². The lowest BCUT2D eigenvalue weighted by Gasteiger charge is -2.31. The first-order valence-electron chi connectivity index (χ1n) is 21.9. The van der Waals surface area contributed by atoms with Crippen molar-refractivity contribution >= 4 is 0 Å². The van der Waals surface area contributed by atoms with Crippen LogP contribution < -0.4 is 5.32 Å². The maximum Gasteiger partial charge on any atom is 0.131 e. The molecule has 0 radical (unpaired) electrons. The van der Waals surface area contributed by atoms with Gasteiger partial charge in [0.1, 0.15) is 6.23 Å². The van der Waals surface area contributed by atoms with E-state index in [0.29, 0.717) is 6.42 Å². The van der Waals surface area contributed by atoms with Gasteiger partial charge in [-0.15, -0.1) is 0 Å². The summed E-state index contributed by atoms with van der Waals surface area (Å²) in [7, 11) is 0. The van der Waals surface area contributed by atoms with E-state index in [1.807, 2.05) is 6.92 Å². The third-order valence-corrected chi connectivity index (χ3v) is 10.9. The Balaban J connectivity index is 3.68. The van der Waals surface area contributed by atoms with Crippen LogP contribution in [-0.2, 0) is 0 Å². The summed E-state index contributed by atoms with van der Waals surface area (Å²) in [4.78, 5) is 0. The Morgan fingerprint density at radius 2 is 0.625 bits per heavy atom. The Morgan fingerprint density at radius 1 is 0.375 bits per heavy atom. The van der Waals surface area contributed by atoms with E-state index in [-0.39, 0.29) is 12.5 Å². The highest BCUT2D eigenvalue weighted by atomic mass is 16.3. The number of rotatable bonds is 40. The molecule has 0 aromatic carbocycles. The lowest BCUT2D eigenvalue weighted by atomic mass is 9.91. The Labute approximate surface area is 301 Å². The molecule has 5 heteroatoms. The van der Waals surface area contributed by atoms with Gasteiger partial charge in [0, 0.05) is 6.04 Å². The molecule has 0 saturated carbocycles. The van der Waals surface area contributed by atoms with Crippen molar-refractivity contribution in [1.82, 2.24) is 5.32 Å². The van der Waals surface area contributed by atoms with Crippen molar-refractivity contribution in [1.29, 1.82) is 0 Å². The van der Waals surface area contributed by atoms with E-state index < -0.39 is 24.5 Å². The van der Waals surface area contributed by atoms with Crippen molar-refractivity contribution in [2.45, 2.75) is 264 Å². The molecular formula is C43H89NO4. The SMILES string of the molecule is CCCCCCCCCCCCCCCCCCCCCCC(O)C(O)NC(CO)C(C)C(O)CCCCCCCCCCCCCC. The molecule has 5 N–H and O–H groups in total. The van der Waals surface area contributed by atoms with Crippen LogP contribution in [0, 0.1) is 5.92 Å². The normalized spacial score (nSPS) is 15.1. The fraction of sp³-hybridized carbons (Fsp3) is 1.00. The van der Waals surface area contributed by atoms with Gasteiger partial charge in [-0.05, 0) is 18.8 Å². The molecule has 0 aliphatic carbocycles. The van der Waals surface area contributed by atoms with Crippen LogP contribution in [0.5, 0.6) is 0 Å². The van der Waals surface area contributed by atoms with Gasteiger partial charge in [0.2, 0.25) is 0 Å². The average Bonchev–Trinajstić information content (AvgIpc) is 3.09. The first-order chi connectivity index (χ1) is 23.5. The summed E-state index contributed by atoms with van der Waals surface area (Å²) < 4.78 is 0. The number of hydrogen-bond donors (Lipinski definition) is 5. The Bertz CT molecular complexity index is 605. The molecule has 0 bridgehead atoms. The van der Waals surface area contributed by atoms with E-state index in [9.17, 15) is 20.4 Å². The van der Waals surface area contributed by atoms with E-state index >= 15 is 0 Å². The standard InChI is InChI=1S/C43H89NO4/c1-4-6-8-10-12-14-16-18-19-20-21-22-23-24-25-27-29-31-33-35-37-42(47)43(48)44-40(38-45)39(3)41(46)36-34-32-30-28-26-17-15-13-11-9-7-5-2/h39-48H,4-38H2,1-3H3. The quantitative estimate of drug-likeness (QED) is 0.0327. The second-order valence-electron chi connectivity index (χ2n) is 15.6. The van der Waals surface area contributed by atoms with E-state index in [1.54, 1.807) is 0 Å². The fourth-order valence-corrected chi connectivity index (χ4v) is 7.19. The van der Waals surface area contributed by atoms with Crippen molar-refractivity contribution in [3.05, 3.63) is 0 Å². The van der Waals surface area contributed by atoms with Crippen LogP contribution in [0.1, 0.15) is 239 Å². The maximum absolute atomic E-state index is 10.7. The molecule has 0 saturated heterocycles. The van der Waals surface area contributed by atoms with Crippen LogP contribution >= 0.6 is 0 Å². The molecule has 0 aromatic rings. The smallest absolute Gasteiger partial charge is 0.131 e. The van der Waals surface area contributed by atoms with Gasteiger partial charge in [-0.25, -0.2) is 0 Å². The van der Waals surface area contributed by atoms with Crippen molar-refractivity contribution in [3.63, 3.8) is 0 Å². The summed E-state index contributed by atoms with van der Waals surface area (Å²) in [5.74, 6) is -0.190. The lowest BCUT2D eigenvalue weighted by molar-refractivity contribution is -0.0328. The van der Waals surface area contributed by atoms with Crippen molar-refractivity contribution in [3.8, 4) is 0 Å². The van der Waals surface area contributed by atoms with Gasteiger partial charge >= 0.3 is 0 Å². The molecule has 0 aliphatic heterocycles. The molecule has 0 rings (SSSR count). The molecule has 0 fully saturated rings. The third-order valence-electron chi connectivity index (χ3n) is 10.9. The van der Waals surface area contributed by atoms with Crippen molar-refractivity contribution in [2.24, 2.45) is 5.92 Å².